The second-order valence-electron chi connectivity index (χ2n) is 3.06. The van der Waals surface area contributed by atoms with Crippen LogP contribution >= 0.6 is 0 Å². The van der Waals surface area contributed by atoms with Gasteiger partial charge in [-0.25, -0.2) is 8.42 Å². The molecule has 14 heavy (non-hydrogen) atoms. The Morgan fingerprint density at radius 1 is 1.71 bits per heavy atom. The van der Waals surface area contributed by atoms with Gasteiger partial charge in [0.2, 0.25) is 0 Å². The minimum absolute atomic E-state index is 0.0284. The highest BCUT2D eigenvalue weighted by molar-refractivity contribution is 7.89. The quantitative estimate of drug-likeness (QED) is 0.708. The van der Waals surface area contributed by atoms with Gasteiger partial charge in [0.1, 0.15) is 0 Å². The Bertz CT molecular complexity index is 371. The molecule has 0 aliphatic carbocycles. The summed E-state index contributed by atoms with van der Waals surface area (Å²) in [5.41, 5.74) is 0. The third kappa shape index (κ3) is 2.31. The van der Waals surface area contributed by atoms with E-state index in [2.05, 4.69) is 10.2 Å². The van der Waals surface area contributed by atoms with Gasteiger partial charge in [-0.3, -0.25) is 5.10 Å². The molecule has 1 atom stereocenters. The van der Waals surface area contributed by atoms with Crippen LogP contribution in [-0.2, 0) is 10.0 Å². The minimum atomic E-state index is -3.54. The standard InChI is InChI=1S/C7H13N3O3S/c1-6(11)5-10(2)14(12,13)7-3-4-8-9-7/h3-4,6,11H,5H2,1-2H3,(H,8,9). The molecule has 7 heteroatoms. The molecule has 2 N–H and O–H groups in total. The van der Waals surface area contributed by atoms with Crippen molar-refractivity contribution in [2.75, 3.05) is 13.6 Å². The molecule has 0 aromatic carbocycles. The molecule has 1 heterocycles. The fourth-order valence-electron chi connectivity index (χ4n) is 1.02. The molecule has 80 valence electrons. The first-order chi connectivity index (χ1) is 6.44. The van der Waals surface area contributed by atoms with Gasteiger partial charge in [0.05, 0.1) is 12.3 Å². The van der Waals surface area contributed by atoms with Crippen LogP contribution in [0.5, 0.6) is 0 Å². The van der Waals surface area contributed by atoms with E-state index in [0.717, 1.165) is 4.31 Å². The number of H-pyrrole nitrogens is 1. The summed E-state index contributed by atoms with van der Waals surface area (Å²) in [4.78, 5) is 0. The zero-order valence-corrected chi connectivity index (χ0v) is 8.82. The summed E-state index contributed by atoms with van der Waals surface area (Å²) in [6, 6.07) is 1.37. The van der Waals surface area contributed by atoms with Crippen LogP contribution in [0.2, 0.25) is 0 Å². The van der Waals surface area contributed by atoms with E-state index in [1.807, 2.05) is 0 Å². The molecular weight excluding hydrogens is 206 g/mol. The van der Waals surface area contributed by atoms with Crippen molar-refractivity contribution in [1.29, 1.82) is 0 Å². The first-order valence-electron chi connectivity index (χ1n) is 4.08. The van der Waals surface area contributed by atoms with Crippen molar-refractivity contribution in [2.24, 2.45) is 0 Å². The van der Waals surface area contributed by atoms with Gasteiger partial charge >= 0.3 is 0 Å². The number of hydrogen-bond donors (Lipinski definition) is 2. The number of nitrogens with one attached hydrogen (secondary N) is 1. The molecule has 0 aliphatic heterocycles. The van der Waals surface area contributed by atoms with Gasteiger partial charge < -0.3 is 5.11 Å². The van der Waals surface area contributed by atoms with Gasteiger partial charge in [-0.1, -0.05) is 0 Å². The van der Waals surface area contributed by atoms with Gasteiger partial charge in [-0.05, 0) is 13.0 Å². The van der Waals surface area contributed by atoms with Crippen LogP contribution in [0.4, 0.5) is 0 Å². The van der Waals surface area contributed by atoms with Crippen LogP contribution in [0.1, 0.15) is 6.92 Å². The van der Waals surface area contributed by atoms with Crippen molar-refractivity contribution in [3.8, 4) is 0 Å². The predicted octanol–water partition coefficient (Wildman–Crippen LogP) is -0.589. The van der Waals surface area contributed by atoms with Crippen LogP contribution in [0, 0.1) is 0 Å². The lowest BCUT2D eigenvalue weighted by molar-refractivity contribution is 0.171. The van der Waals surface area contributed by atoms with Crippen LogP contribution in [0.25, 0.3) is 0 Å². The SMILES string of the molecule is CC(O)CN(C)S(=O)(=O)c1ccn[nH]1. The molecule has 1 aromatic rings. The monoisotopic (exact) mass is 219 g/mol. The molecule has 0 fully saturated rings. The maximum Gasteiger partial charge on any atom is 0.259 e. The van der Waals surface area contributed by atoms with Crippen LogP contribution in [-0.4, -0.2) is 47.7 Å². The molecule has 0 bridgehead atoms. The highest BCUT2D eigenvalue weighted by atomic mass is 32.2. The van der Waals surface area contributed by atoms with E-state index in [0.29, 0.717) is 0 Å². The summed E-state index contributed by atoms with van der Waals surface area (Å²) in [5, 5.41) is 15.0. The number of aromatic nitrogens is 2. The highest BCUT2D eigenvalue weighted by Crippen LogP contribution is 2.10. The molecule has 0 saturated heterocycles. The number of sulfonamides is 1. The average molecular weight is 219 g/mol. The summed E-state index contributed by atoms with van der Waals surface area (Å²) in [7, 11) is -2.13. The van der Waals surface area contributed by atoms with Gasteiger partial charge in [-0.2, -0.15) is 9.40 Å². The Balaban J connectivity index is 2.86. The van der Waals surface area contributed by atoms with Gasteiger partial charge in [0.15, 0.2) is 5.03 Å². The van der Waals surface area contributed by atoms with Gasteiger partial charge in [-0.15, -0.1) is 0 Å². The minimum Gasteiger partial charge on any atom is -0.392 e. The number of aliphatic hydroxyl groups is 1. The van der Waals surface area contributed by atoms with E-state index < -0.39 is 16.1 Å². The van der Waals surface area contributed by atoms with Crippen molar-refractivity contribution in [3.05, 3.63) is 12.3 Å². The number of likely N-dealkylation sites (N-methyl/N-ethyl adjacent to an activating group) is 1. The number of aliphatic hydroxyl groups excluding tert-OH is 1. The van der Waals surface area contributed by atoms with E-state index >= 15 is 0 Å². The Kier molecular flexibility index (Phi) is 3.25. The van der Waals surface area contributed by atoms with Crippen molar-refractivity contribution < 1.29 is 13.5 Å². The van der Waals surface area contributed by atoms with E-state index in [9.17, 15) is 8.42 Å². The molecule has 0 radical (unpaired) electrons. The maximum absolute atomic E-state index is 11.7. The summed E-state index contributed by atoms with van der Waals surface area (Å²) < 4.78 is 24.4. The predicted molar refractivity (Wildman–Crippen MR) is 50.1 cm³/mol. The first-order valence-corrected chi connectivity index (χ1v) is 5.52. The maximum atomic E-state index is 11.7. The lowest BCUT2D eigenvalue weighted by Crippen LogP contribution is -2.33. The number of aromatic amines is 1. The van der Waals surface area contributed by atoms with E-state index in [1.165, 1.54) is 26.2 Å². The zero-order chi connectivity index (χ0) is 10.8. The molecule has 6 nitrogen and oxygen atoms in total. The fraction of sp³-hybridized carbons (Fsp3) is 0.571. The third-order valence-electron chi connectivity index (χ3n) is 1.68. The summed E-state index contributed by atoms with van der Waals surface area (Å²) in [5.74, 6) is 0. The molecule has 0 aliphatic rings. The molecule has 1 aromatic heterocycles. The Morgan fingerprint density at radius 2 is 2.36 bits per heavy atom. The highest BCUT2D eigenvalue weighted by Gasteiger charge is 2.22. The van der Waals surface area contributed by atoms with E-state index in [1.54, 1.807) is 0 Å². The second-order valence-corrected chi connectivity index (χ2v) is 5.07. The summed E-state index contributed by atoms with van der Waals surface area (Å²) >= 11 is 0. The van der Waals surface area contributed by atoms with Gasteiger partial charge in [0.25, 0.3) is 10.0 Å². The molecule has 1 rings (SSSR count). The fourth-order valence-corrected chi connectivity index (χ4v) is 2.17. The van der Waals surface area contributed by atoms with Crippen molar-refractivity contribution in [2.45, 2.75) is 18.1 Å². The van der Waals surface area contributed by atoms with Crippen molar-refractivity contribution >= 4 is 10.0 Å². The Morgan fingerprint density at radius 3 is 2.79 bits per heavy atom. The second kappa shape index (κ2) is 4.07. The van der Waals surface area contributed by atoms with E-state index in [4.69, 9.17) is 5.11 Å². The molecule has 0 spiro atoms. The molecule has 1 unspecified atom stereocenters. The largest absolute Gasteiger partial charge is 0.392 e. The van der Waals surface area contributed by atoms with Crippen LogP contribution in [0.3, 0.4) is 0 Å². The van der Waals surface area contributed by atoms with Crippen molar-refractivity contribution in [3.63, 3.8) is 0 Å². The van der Waals surface area contributed by atoms with Crippen LogP contribution in [0.15, 0.2) is 17.3 Å². The summed E-state index contributed by atoms with van der Waals surface area (Å²) in [6.07, 6.45) is 0.668. The molecule has 0 amide bonds. The van der Waals surface area contributed by atoms with Crippen LogP contribution < -0.4 is 0 Å². The van der Waals surface area contributed by atoms with Crippen molar-refractivity contribution in [1.82, 2.24) is 14.5 Å². The lowest BCUT2D eigenvalue weighted by Gasteiger charge is -2.16. The smallest absolute Gasteiger partial charge is 0.259 e. The Labute approximate surface area is 82.6 Å². The Hall–Kier alpha value is -0.920. The van der Waals surface area contributed by atoms with Gasteiger partial charge in [0, 0.05) is 13.6 Å². The van der Waals surface area contributed by atoms with E-state index in [-0.39, 0.29) is 11.6 Å². The topological polar surface area (TPSA) is 86.3 Å². The number of nitrogens with zero attached hydrogens (tertiary/aromatic N) is 2. The number of hydrogen-bond acceptors (Lipinski definition) is 4. The third-order valence-corrected chi connectivity index (χ3v) is 3.44. The lowest BCUT2D eigenvalue weighted by atomic mass is 10.4. The zero-order valence-electron chi connectivity index (χ0n) is 8.01. The number of rotatable bonds is 4. The molecular formula is C7H13N3O3S. The first kappa shape index (κ1) is 11.2. The normalized spacial score (nSPS) is 14.6. The summed E-state index contributed by atoms with van der Waals surface area (Å²) in [6.45, 7) is 1.58. The average Bonchev–Trinajstić information content (AvgIpc) is 2.54. The molecule has 0 saturated carbocycles.